The minimum atomic E-state index is 0.116. The molecular weight excluding hydrogens is 248 g/mol. The molecule has 1 amide bonds. The van der Waals surface area contributed by atoms with Gasteiger partial charge in [0.05, 0.1) is 5.56 Å². The molecule has 3 heteroatoms. The summed E-state index contributed by atoms with van der Waals surface area (Å²) in [6.07, 6.45) is 5.75. The normalized spacial score (nSPS) is 14.6. The first-order valence-corrected chi connectivity index (χ1v) is 7.06. The van der Waals surface area contributed by atoms with Crippen molar-refractivity contribution in [2.24, 2.45) is 0 Å². The third-order valence-corrected chi connectivity index (χ3v) is 3.92. The summed E-state index contributed by atoms with van der Waals surface area (Å²) in [6, 6.07) is 10.1. The molecular formula is C17H18N2O. The lowest BCUT2D eigenvalue weighted by Crippen LogP contribution is -2.28. The molecule has 0 atom stereocenters. The molecule has 1 aromatic heterocycles. The molecule has 102 valence electrons. The molecule has 0 spiro atoms. The lowest BCUT2D eigenvalue weighted by molar-refractivity contribution is 0.0791. The first-order valence-electron chi connectivity index (χ1n) is 7.06. The number of benzene rings is 1. The van der Waals surface area contributed by atoms with Crippen molar-refractivity contribution < 1.29 is 4.79 Å². The zero-order valence-corrected chi connectivity index (χ0v) is 11.7. The van der Waals surface area contributed by atoms with Gasteiger partial charge in [-0.05, 0) is 30.9 Å². The fraction of sp³-hybridized carbons (Fsp3) is 0.294. The van der Waals surface area contributed by atoms with Crippen molar-refractivity contribution in [3.63, 3.8) is 0 Å². The number of hydrogen-bond donors (Lipinski definition) is 0. The molecule has 0 N–H and O–H groups in total. The van der Waals surface area contributed by atoms with Gasteiger partial charge in [0, 0.05) is 31.0 Å². The van der Waals surface area contributed by atoms with Gasteiger partial charge in [0.25, 0.3) is 5.91 Å². The Morgan fingerprint density at radius 2 is 1.80 bits per heavy atom. The molecule has 1 saturated heterocycles. The Kier molecular flexibility index (Phi) is 3.50. The van der Waals surface area contributed by atoms with Crippen molar-refractivity contribution in [2.45, 2.75) is 19.8 Å². The Morgan fingerprint density at radius 1 is 1.10 bits per heavy atom. The quantitative estimate of drug-likeness (QED) is 0.835. The second-order valence-corrected chi connectivity index (χ2v) is 5.22. The predicted octanol–water partition coefficient (Wildman–Crippen LogP) is 3.29. The van der Waals surface area contributed by atoms with Crippen LogP contribution in [0.25, 0.3) is 11.1 Å². The minimum absolute atomic E-state index is 0.116. The summed E-state index contributed by atoms with van der Waals surface area (Å²) in [4.78, 5) is 18.7. The van der Waals surface area contributed by atoms with Crippen LogP contribution in [0.4, 0.5) is 0 Å². The SMILES string of the molecule is Cc1c(C(=O)N2CCCC2)cncc1-c1ccccc1. The highest BCUT2D eigenvalue weighted by atomic mass is 16.2. The van der Waals surface area contributed by atoms with Gasteiger partial charge in [-0.3, -0.25) is 9.78 Å². The van der Waals surface area contributed by atoms with E-state index in [2.05, 4.69) is 4.98 Å². The summed E-state index contributed by atoms with van der Waals surface area (Å²) in [5, 5.41) is 0. The van der Waals surface area contributed by atoms with Gasteiger partial charge in [-0.2, -0.15) is 0 Å². The first-order chi connectivity index (χ1) is 9.77. The van der Waals surface area contributed by atoms with Crippen LogP contribution in [0.3, 0.4) is 0 Å². The maximum absolute atomic E-state index is 12.5. The molecule has 1 fully saturated rings. The maximum atomic E-state index is 12.5. The Balaban J connectivity index is 1.99. The number of carbonyl (C=O) groups excluding carboxylic acids is 1. The molecule has 0 aliphatic carbocycles. The van der Waals surface area contributed by atoms with Crippen LogP contribution in [0, 0.1) is 6.92 Å². The summed E-state index contributed by atoms with van der Waals surface area (Å²) >= 11 is 0. The number of hydrogen-bond acceptors (Lipinski definition) is 2. The van der Waals surface area contributed by atoms with E-state index in [9.17, 15) is 4.79 Å². The molecule has 1 aliphatic rings. The molecule has 0 unspecified atom stereocenters. The van der Waals surface area contributed by atoms with Crippen molar-refractivity contribution in [1.29, 1.82) is 0 Å². The summed E-state index contributed by atoms with van der Waals surface area (Å²) in [5.74, 6) is 0.116. The van der Waals surface area contributed by atoms with E-state index in [4.69, 9.17) is 0 Å². The average Bonchev–Trinajstić information content (AvgIpc) is 3.02. The van der Waals surface area contributed by atoms with Crippen LogP contribution in [0.2, 0.25) is 0 Å². The van der Waals surface area contributed by atoms with Gasteiger partial charge in [0.15, 0.2) is 0 Å². The Bertz CT molecular complexity index is 616. The second kappa shape index (κ2) is 5.45. The van der Waals surface area contributed by atoms with Crippen molar-refractivity contribution in [3.8, 4) is 11.1 Å². The molecule has 3 rings (SSSR count). The predicted molar refractivity (Wildman–Crippen MR) is 79.5 cm³/mol. The van der Waals surface area contributed by atoms with E-state index in [1.165, 1.54) is 0 Å². The van der Waals surface area contributed by atoms with Gasteiger partial charge in [0.2, 0.25) is 0 Å². The smallest absolute Gasteiger partial charge is 0.255 e. The van der Waals surface area contributed by atoms with Crippen molar-refractivity contribution in [2.75, 3.05) is 13.1 Å². The summed E-state index contributed by atoms with van der Waals surface area (Å²) in [7, 11) is 0. The third kappa shape index (κ3) is 2.31. The van der Waals surface area contributed by atoms with E-state index in [0.29, 0.717) is 0 Å². The van der Waals surface area contributed by atoms with Gasteiger partial charge in [-0.1, -0.05) is 30.3 Å². The number of carbonyl (C=O) groups is 1. The highest BCUT2D eigenvalue weighted by Gasteiger charge is 2.22. The van der Waals surface area contributed by atoms with Crippen molar-refractivity contribution >= 4 is 5.91 Å². The highest BCUT2D eigenvalue weighted by molar-refractivity contribution is 5.97. The third-order valence-electron chi connectivity index (χ3n) is 3.92. The van der Waals surface area contributed by atoms with Crippen LogP contribution in [0.1, 0.15) is 28.8 Å². The summed E-state index contributed by atoms with van der Waals surface area (Å²) in [5.41, 5.74) is 3.89. The summed E-state index contributed by atoms with van der Waals surface area (Å²) in [6.45, 7) is 3.75. The molecule has 2 heterocycles. The lowest BCUT2D eigenvalue weighted by atomic mass is 9.99. The van der Waals surface area contributed by atoms with Gasteiger partial charge < -0.3 is 4.90 Å². The van der Waals surface area contributed by atoms with Gasteiger partial charge in [-0.25, -0.2) is 0 Å². The van der Waals surface area contributed by atoms with Crippen molar-refractivity contribution in [3.05, 3.63) is 53.9 Å². The molecule has 2 aromatic rings. The van der Waals surface area contributed by atoms with E-state index in [-0.39, 0.29) is 5.91 Å². The largest absolute Gasteiger partial charge is 0.339 e. The molecule has 1 aromatic carbocycles. The fourth-order valence-corrected chi connectivity index (χ4v) is 2.74. The van der Waals surface area contributed by atoms with Gasteiger partial charge in [0.1, 0.15) is 0 Å². The molecule has 20 heavy (non-hydrogen) atoms. The maximum Gasteiger partial charge on any atom is 0.255 e. The standard InChI is InChI=1S/C17H18N2O/c1-13-15(14-7-3-2-4-8-14)11-18-12-16(13)17(20)19-9-5-6-10-19/h2-4,7-8,11-12H,5-6,9-10H2,1H3. The van der Waals surface area contributed by atoms with E-state index < -0.39 is 0 Å². The van der Waals surface area contributed by atoms with E-state index in [1.54, 1.807) is 6.20 Å². The number of amides is 1. The number of likely N-dealkylation sites (tertiary alicyclic amines) is 1. The van der Waals surface area contributed by atoms with Gasteiger partial charge in [-0.15, -0.1) is 0 Å². The average molecular weight is 266 g/mol. The number of pyridine rings is 1. The molecule has 1 aliphatic heterocycles. The first kappa shape index (κ1) is 12.9. The van der Waals surface area contributed by atoms with Gasteiger partial charge >= 0.3 is 0 Å². The van der Waals surface area contributed by atoms with Crippen LogP contribution in [-0.4, -0.2) is 28.9 Å². The van der Waals surface area contributed by atoms with E-state index in [1.807, 2.05) is 48.4 Å². The van der Waals surface area contributed by atoms with E-state index >= 15 is 0 Å². The minimum Gasteiger partial charge on any atom is -0.339 e. The van der Waals surface area contributed by atoms with Crippen LogP contribution >= 0.6 is 0 Å². The van der Waals surface area contributed by atoms with Crippen LogP contribution < -0.4 is 0 Å². The Hall–Kier alpha value is -2.16. The molecule has 0 radical (unpaired) electrons. The molecule has 0 saturated carbocycles. The molecule has 0 bridgehead atoms. The topological polar surface area (TPSA) is 33.2 Å². The van der Waals surface area contributed by atoms with Crippen LogP contribution in [0.15, 0.2) is 42.7 Å². The van der Waals surface area contributed by atoms with Crippen LogP contribution in [0.5, 0.6) is 0 Å². The number of aromatic nitrogens is 1. The zero-order valence-electron chi connectivity index (χ0n) is 11.7. The highest BCUT2D eigenvalue weighted by Crippen LogP contribution is 2.25. The Labute approximate surface area is 119 Å². The number of nitrogens with zero attached hydrogens (tertiary/aromatic N) is 2. The monoisotopic (exact) mass is 266 g/mol. The van der Waals surface area contributed by atoms with Crippen LogP contribution in [-0.2, 0) is 0 Å². The molecule has 3 nitrogen and oxygen atoms in total. The number of rotatable bonds is 2. The summed E-state index contributed by atoms with van der Waals surface area (Å²) < 4.78 is 0. The van der Waals surface area contributed by atoms with Crippen molar-refractivity contribution in [1.82, 2.24) is 9.88 Å². The van der Waals surface area contributed by atoms with E-state index in [0.717, 1.165) is 48.2 Å². The fourth-order valence-electron chi connectivity index (χ4n) is 2.74. The lowest BCUT2D eigenvalue weighted by Gasteiger charge is -2.17. The Morgan fingerprint density at radius 3 is 2.50 bits per heavy atom. The zero-order chi connectivity index (χ0) is 13.9. The second-order valence-electron chi connectivity index (χ2n) is 5.22.